The van der Waals surface area contributed by atoms with E-state index in [0.717, 1.165) is 5.56 Å². The van der Waals surface area contributed by atoms with Crippen molar-refractivity contribution in [2.45, 2.75) is 12.6 Å². The van der Waals surface area contributed by atoms with Gasteiger partial charge in [-0.3, -0.25) is 5.32 Å². The fourth-order valence-electron chi connectivity index (χ4n) is 2.03. The lowest BCUT2D eigenvalue weighted by Gasteiger charge is -2.17. The van der Waals surface area contributed by atoms with Crippen molar-refractivity contribution < 1.29 is 13.9 Å². The van der Waals surface area contributed by atoms with Gasteiger partial charge < -0.3 is 4.74 Å². The number of halogens is 2. The molecular weight excluding hydrogens is 293 g/mol. The molecule has 0 aliphatic heterocycles. The van der Waals surface area contributed by atoms with Crippen molar-refractivity contribution in [3.05, 3.63) is 70.5 Å². The topological polar surface area (TPSA) is 38.3 Å². The molecule has 2 aromatic rings. The standard InChI is InChI=1S/C16H15ClFNO2/c1-21-16(20)15(12-5-3-2-4-6-12)19-10-11-7-13(17)9-14(18)8-11/h2-9,15,19H,10H2,1H3. The van der Waals surface area contributed by atoms with Crippen molar-refractivity contribution in [1.29, 1.82) is 0 Å². The second-order valence-corrected chi connectivity index (χ2v) is 4.96. The molecule has 0 radical (unpaired) electrons. The van der Waals surface area contributed by atoms with Crippen LogP contribution < -0.4 is 5.32 Å². The number of hydrogen-bond acceptors (Lipinski definition) is 3. The van der Waals surface area contributed by atoms with Crippen molar-refractivity contribution in [2.75, 3.05) is 7.11 Å². The number of hydrogen-bond donors (Lipinski definition) is 1. The molecule has 0 aliphatic carbocycles. The van der Waals surface area contributed by atoms with Gasteiger partial charge in [0.1, 0.15) is 11.9 Å². The lowest BCUT2D eigenvalue weighted by Crippen LogP contribution is -2.29. The number of rotatable bonds is 5. The Labute approximate surface area is 127 Å². The Morgan fingerprint density at radius 3 is 2.62 bits per heavy atom. The summed E-state index contributed by atoms with van der Waals surface area (Å²) in [5.74, 6) is -0.808. The van der Waals surface area contributed by atoms with Gasteiger partial charge in [0.05, 0.1) is 7.11 Å². The van der Waals surface area contributed by atoms with E-state index in [0.29, 0.717) is 17.1 Å². The van der Waals surface area contributed by atoms with Crippen molar-refractivity contribution in [1.82, 2.24) is 5.32 Å². The average molecular weight is 308 g/mol. The minimum Gasteiger partial charge on any atom is -0.468 e. The number of nitrogens with one attached hydrogen (secondary N) is 1. The van der Waals surface area contributed by atoms with Crippen LogP contribution in [0.4, 0.5) is 4.39 Å². The van der Waals surface area contributed by atoms with E-state index in [4.69, 9.17) is 16.3 Å². The molecule has 110 valence electrons. The summed E-state index contributed by atoms with van der Waals surface area (Å²) in [5, 5.41) is 3.38. The molecule has 5 heteroatoms. The molecule has 0 spiro atoms. The first kappa shape index (κ1) is 15.5. The quantitative estimate of drug-likeness (QED) is 0.859. The van der Waals surface area contributed by atoms with E-state index in [1.54, 1.807) is 6.07 Å². The first-order valence-electron chi connectivity index (χ1n) is 6.41. The molecule has 0 saturated carbocycles. The van der Waals surface area contributed by atoms with Gasteiger partial charge in [-0.15, -0.1) is 0 Å². The fraction of sp³-hybridized carbons (Fsp3) is 0.188. The Hall–Kier alpha value is -1.91. The van der Waals surface area contributed by atoms with Crippen LogP contribution in [0.15, 0.2) is 48.5 Å². The molecular formula is C16H15ClFNO2. The highest BCUT2D eigenvalue weighted by Gasteiger charge is 2.20. The molecule has 1 atom stereocenters. The highest BCUT2D eigenvalue weighted by Crippen LogP contribution is 2.17. The predicted molar refractivity (Wildman–Crippen MR) is 79.4 cm³/mol. The second-order valence-electron chi connectivity index (χ2n) is 4.53. The second kappa shape index (κ2) is 7.20. The van der Waals surface area contributed by atoms with Gasteiger partial charge in [0, 0.05) is 11.6 Å². The van der Waals surface area contributed by atoms with E-state index in [1.165, 1.54) is 19.2 Å². The first-order valence-corrected chi connectivity index (χ1v) is 6.79. The summed E-state index contributed by atoms with van der Waals surface area (Å²) in [5.41, 5.74) is 1.44. The Morgan fingerprint density at radius 2 is 2.00 bits per heavy atom. The van der Waals surface area contributed by atoms with Gasteiger partial charge in [-0.25, -0.2) is 9.18 Å². The largest absolute Gasteiger partial charge is 0.468 e. The van der Waals surface area contributed by atoms with Gasteiger partial charge in [-0.05, 0) is 29.3 Å². The summed E-state index contributed by atoms with van der Waals surface area (Å²) in [4.78, 5) is 11.9. The SMILES string of the molecule is COC(=O)C(NCc1cc(F)cc(Cl)c1)c1ccccc1. The third-order valence-corrected chi connectivity index (χ3v) is 3.22. The first-order chi connectivity index (χ1) is 10.1. The van der Waals surface area contributed by atoms with Crippen LogP contribution in [0, 0.1) is 5.82 Å². The maximum atomic E-state index is 13.3. The molecule has 0 aliphatic rings. The monoisotopic (exact) mass is 307 g/mol. The molecule has 1 unspecified atom stereocenters. The Kier molecular flexibility index (Phi) is 5.31. The van der Waals surface area contributed by atoms with Crippen LogP contribution in [0.1, 0.15) is 17.2 Å². The van der Waals surface area contributed by atoms with Gasteiger partial charge in [0.15, 0.2) is 0 Å². The summed E-state index contributed by atoms with van der Waals surface area (Å²) in [6.45, 7) is 0.298. The highest BCUT2D eigenvalue weighted by molar-refractivity contribution is 6.30. The van der Waals surface area contributed by atoms with Crippen LogP contribution in [-0.2, 0) is 16.1 Å². The van der Waals surface area contributed by atoms with Gasteiger partial charge in [0.25, 0.3) is 0 Å². The number of ether oxygens (including phenoxy) is 1. The molecule has 0 saturated heterocycles. The number of carbonyl (C=O) groups excluding carboxylic acids is 1. The zero-order valence-electron chi connectivity index (χ0n) is 11.5. The Bertz CT molecular complexity index is 599. The third kappa shape index (κ3) is 4.28. The van der Waals surface area contributed by atoms with Crippen molar-refractivity contribution in [3.63, 3.8) is 0 Å². The van der Waals surface area contributed by atoms with Crippen molar-refractivity contribution >= 4 is 17.6 Å². The summed E-state index contributed by atoms with van der Waals surface area (Å²) in [7, 11) is 1.33. The fourth-order valence-corrected chi connectivity index (χ4v) is 2.28. The number of esters is 1. The molecule has 0 amide bonds. The van der Waals surface area contributed by atoms with Gasteiger partial charge in [-0.2, -0.15) is 0 Å². The van der Waals surface area contributed by atoms with Crippen LogP contribution >= 0.6 is 11.6 Å². The number of methoxy groups -OCH3 is 1. The number of benzene rings is 2. The van der Waals surface area contributed by atoms with Crippen molar-refractivity contribution in [3.8, 4) is 0 Å². The van der Waals surface area contributed by atoms with E-state index in [1.807, 2.05) is 30.3 Å². The maximum absolute atomic E-state index is 13.3. The highest BCUT2D eigenvalue weighted by atomic mass is 35.5. The van der Waals surface area contributed by atoms with Crippen molar-refractivity contribution in [2.24, 2.45) is 0 Å². The molecule has 1 N–H and O–H groups in total. The molecule has 3 nitrogen and oxygen atoms in total. The molecule has 0 bridgehead atoms. The normalized spacial score (nSPS) is 12.0. The molecule has 0 heterocycles. The Morgan fingerprint density at radius 1 is 1.29 bits per heavy atom. The third-order valence-electron chi connectivity index (χ3n) is 3.00. The van der Waals surface area contributed by atoms with E-state index in [9.17, 15) is 9.18 Å². The maximum Gasteiger partial charge on any atom is 0.327 e. The molecule has 0 fully saturated rings. The van der Waals surface area contributed by atoms with Crippen LogP contribution in [0.25, 0.3) is 0 Å². The smallest absolute Gasteiger partial charge is 0.327 e. The van der Waals surface area contributed by atoms with E-state index >= 15 is 0 Å². The summed E-state index contributed by atoms with van der Waals surface area (Å²) >= 11 is 5.81. The van der Waals surface area contributed by atoms with E-state index < -0.39 is 17.8 Å². The van der Waals surface area contributed by atoms with Crippen LogP contribution in [0.5, 0.6) is 0 Å². The zero-order chi connectivity index (χ0) is 15.2. The lowest BCUT2D eigenvalue weighted by molar-refractivity contribution is -0.143. The zero-order valence-corrected chi connectivity index (χ0v) is 12.2. The predicted octanol–water partition coefficient (Wildman–Crippen LogP) is 3.48. The minimum atomic E-state index is -0.613. The van der Waals surface area contributed by atoms with E-state index in [2.05, 4.69) is 5.32 Å². The van der Waals surface area contributed by atoms with E-state index in [-0.39, 0.29) is 0 Å². The molecule has 2 rings (SSSR count). The van der Waals surface area contributed by atoms with Crippen LogP contribution in [-0.4, -0.2) is 13.1 Å². The van der Waals surface area contributed by atoms with Crippen LogP contribution in [0.2, 0.25) is 5.02 Å². The molecule has 2 aromatic carbocycles. The minimum absolute atomic E-state index is 0.298. The molecule has 21 heavy (non-hydrogen) atoms. The summed E-state index contributed by atoms with van der Waals surface area (Å²) < 4.78 is 18.1. The van der Waals surface area contributed by atoms with Gasteiger partial charge in [-0.1, -0.05) is 41.9 Å². The number of carbonyl (C=O) groups is 1. The van der Waals surface area contributed by atoms with Crippen LogP contribution in [0.3, 0.4) is 0 Å². The Balaban J connectivity index is 2.14. The average Bonchev–Trinajstić information content (AvgIpc) is 2.47. The summed E-state index contributed by atoms with van der Waals surface area (Å²) in [6, 6.07) is 12.8. The van der Waals surface area contributed by atoms with Gasteiger partial charge >= 0.3 is 5.97 Å². The molecule has 0 aromatic heterocycles. The lowest BCUT2D eigenvalue weighted by atomic mass is 10.1. The van der Waals surface area contributed by atoms with Gasteiger partial charge in [0.2, 0.25) is 0 Å². The summed E-state index contributed by atoms with van der Waals surface area (Å²) in [6.07, 6.45) is 0.